The van der Waals surface area contributed by atoms with Crippen LogP contribution in [0, 0.1) is 25.7 Å². The maximum Gasteiger partial charge on any atom is 0.215 e. The van der Waals surface area contributed by atoms with Crippen LogP contribution in [0.4, 0.5) is 0 Å². The molecule has 4 aromatic rings. The Kier molecular flexibility index (Phi) is 4.13. The van der Waals surface area contributed by atoms with Crippen LogP contribution < -0.4 is 9.47 Å². The Bertz CT molecular complexity index is 1230. The van der Waals surface area contributed by atoms with E-state index in [0.29, 0.717) is 17.4 Å². The number of hydrogen-bond donors (Lipinski definition) is 0. The number of pyridine rings is 1. The van der Waals surface area contributed by atoms with E-state index in [0.717, 1.165) is 33.7 Å². The van der Waals surface area contributed by atoms with Gasteiger partial charge in [-0.2, -0.15) is 4.98 Å². The molecule has 0 aliphatic heterocycles. The van der Waals surface area contributed by atoms with Crippen molar-refractivity contribution in [1.82, 2.24) is 19.4 Å². The van der Waals surface area contributed by atoms with E-state index in [2.05, 4.69) is 26.8 Å². The van der Waals surface area contributed by atoms with Gasteiger partial charge in [-0.1, -0.05) is 12.0 Å². The van der Waals surface area contributed by atoms with E-state index in [1.165, 1.54) is 0 Å². The number of rotatable bonds is 2. The number of aromatic nitrogens is 4. The van der Waals surface area contributed by atoms with Gasteiger partial charge in [0, 0.05) is 11.6 Å². The van der Waals surface area contributed by atoms with Crippen LogP contribution in [0.5, 0.6) is 11.6 Å². The Balaban J connectivity index is 1.97. The highest BCUT2D eigenvalue weighted by Gasteiger charge is 2.15. The minimum atomic E-state index is 0.521. The lowest BCUT2D eigenvalue weighted by Crippen LogP contribution is -2.01. The number of hydrogen-bond acceptors (Lipinski definition) is 5. The zero-order chi connectivity index (χ0) is 19.0. The van der Waals surface area contributed by atoms with Crippen molar-refractivity contribution in [2.24, 2.45) is 0 Å². The first kappa shape index (κ1) is 16.9. The van der Waals surface area contributed by atoms with Crippen LogP contribution in [0.3, 0.4) is 0 Å². The van der Waals surface area contributed by atoms with Crippen molar-refractivity contribution < 1.29 is 9.47 Å². The zero-order valence-electron chi connectivity index (χ0n) is 15.6. The molecule has 0 amide bonds. The van der Waals surface area contributed by atoms with Gasteiger partial charge in [0.05, 0.1) is 31.1 Å². The van der Waals surface area contributed by atoms with E-state index in [4.69, 9.17) is 9.47 Å². The molecule has 0 aliphatic rings. The van der Waals surface area contributed by atoms with Gasteiger partial charge >= 0.3 is 0 Å². The SMILES string of the molecule is COc1cccc(C#Cc2nc(C)c3c(C)nc4ccc(OC)nc4n23)c1. The fourth-order valence-electron chi connectivity index (χ4n) is 3.09. The third-order valence-corrected chi connectivity index (χ3v) is 4.32. The maximum absolute atomic E-state index is 5.28. The number of imidazole rings is 1. The lowest BCUT2D eigenvalue weighted by atomic mass is 10.2. The van der Waals surface area contributed by atoms with Gasteiger partial charge in [-0.25, -0.2) is 9.97 Å². The lowest BCUT2D eigenvalue weighted by molar-refractivity contribution is 0.399. The average molecular weight is 358 g/mol. The number of fused-ring (bicyclic) bond motifs is 3. The number of ether oxygens (including phenoxy) is 2. The summed E-state index contributed by atoms with van der Waals surface area (Å²) >= 11 is 0. The first-order valence-electron chi connectivity index (χ1n) is 8.47. The molecule has 3 heterocycles. The second-order valence-corrected chi connectivity index (χ2v) is 6.08. The molecule has 0 bridgehead atoms. The van der Waals surface area contributed by atoms with Crippen LogP contribution in [0.25, 0.3) is 16.7 Å². The van der Waals surface area contributed by atoms with E-state index in [1.54, 1.807) is 20.3 Å². The smallest absolute Gasteiger partial charge is 0.215 e. The van der Waals surface area contributed by atoms with E-state index in [1.807, 2.05) is 48.6 Å². The van der Waals surface area contributed by atoms with Gasteiger partial charge in [-0.05, 0) is 44.0 Å². The third-order valence-electron chi connectivity index (χ3n) is 4.32. The molecule has 1 aromatic carbocycles. The summed E-state index contributed by atoms with van der Waals surface area (Å²) in [6.07, 6.45) is 0. The molecular formula is C21H18N4O2. The molecule has 6 nitrogen and oxygen atoms in total. The van der Waals surface area contributed by atoms with Gasteiger partial charge in [0.1, 0.15) is 11.3 Å². The fourth-order valence-corrected chi connectivity index (χ4v) is 3.09. The van der Waals surface area contributed by atoms with Crippen LogP contribution in [-0.2, 0) is 0 Å². The Morgan fingerprint density at radius 1 is 0.889 bits per heavy atom. The first-order chi connectivity index (χ1) is 13.1. The summed E-state index contributed by atoms with van der Waals surface area (Å²) in [5.41, 5.74) is 4.95. The summed E-state index contributed by atoms with van der Waals surface area (Å²) in [5, 5.41) is 0. The normalized spacial score (nSPS) is 10.7. The fraction of sp³-hybridized carbons (Fsp3) is 0.190. The predicted molar refractivity (Wildman–Crippen MR) is 103 cm³/mol. The second-order valence-electron chi connectivity index (χ2n) is 6.08. The van der Waals surface area contributed by atoms with E-state index in [-0.39, 0.29) is 0 Å². The Hall–Kier alpha value is -3.59. The Morgan fingerprint density at radius 3 is 2.48 bits per heavy atom. The van der Waals surface area contributed by atoms with Gasteiger partial charge in [-0.3, -0.25) is 4.40 Å². The minimum absolute atomic E-state index is 0.521. The second kappa shape index (κ2) is 6.61. The van der Waals surface area contributed by atoms with Gasteiger partial charge in [0.25, 0.3) is 0 Å². The summed E-state index contributed by atoms with van der Waals surface area (Å²) in [5.74, 6) is 8.23. The Morgan fingerprint density at radius 2 is 1.70 bits per heavy atom. The molecule has 0 saturated heterocycles. The minimum Gasteiger partial charge on any atom is -0.497 e. The van der Waals surface area contributed by atoms with Gasteiger partial charge in [-0.15, -0.1) is 0 Å². The molecule has 3 aromatic heterocycles. The molecule has 0 N–H and O–H groups in total. The molecule has 134 valence electrons. The van der Waals surface area contributed by atoms with Crippen molar-refractivity contribution in [1.29, 1.82) is 0 Å². The quantitative estimate of drug-likeness (QED) is 0.515. The van der Waals surface area contributed by atoms with Crippen LogP contribution in [0.1, 0.15) is 22.8 Å². The van der Waals surface area contributed by atoms with Crippen LogP contribution in [-0.4, -0.2) is 33.6 Å². The van der Waals surface area contributed by atoms with E-state index >= 15 is 0 Å². The first-order valence-corrected chi connectivity index (χ1v) is 8.47. The molecule has 0 fully saturated rings. The highest BCUT2D eigenvalue weighted by molar-refractivity contribution is 5.78. The number of methoxy groups -OCH3 is 2. The highest BCUT2D eigenvalue weighted by atomic mass is 16.5. The summed E-state index contributed by atoms with van der Waals surface area (Å²) in [7, 11) is 3.23. The summed E-state index contributed by atoms with van der Waals surface area (Å²) in [4.78, 5) is 13.9. The van der Waals surface area contributed by atoms with Gasteiger partial charge < -0.3 is 9.47 Å². The predicted octanol–water partition coefficient (Wildman–Crippen LogP) is 3.31. The largest absolute Gasteiger partial charge is 0.497 e. The van der Waals surface area contributed by atoms with Crippen molar-refractivity contribution in [3.8, 4) is 23.5 Å². The molecule has 6 heteroatoms. The van der Waals surface area contributed by atoms with Gasteiger partial charge in [0.2, 0.25) is 5.88 Å². The molecule has 4 rings (SSSR count). The van der Waals surface area contributed by atoms with Crippen molar-refractivity contribution in [3.63, 3.8) is 0 Å². The van der Waals surface area contributed by atoms with Crippen molar-refractivity contribution in [2.75, 3.05) is 14.2 Å². The maximum atomic E-state index is 5.28. The molecule has 0 spiro atoms. The van der Waals surface area contributed by atoms with Crippen molar-refractivity contribution in [3.05, 3.63) is 59.2 Å². The summed E-state index contributed by atoms with van der Waals surface area (Å²) < 4.78 is 12.5. The Labute approximate surface area is 156 Å². The molecule has 0 unspecified atom stereocenters. The molecular weight excluding hydrogens is 340 g/mol. The molecule has 0 atom stereocenters. The number of nitrogens with zero attached hydrogens (tertiary/aromatic N) is 4. The molecule has 0 aliphatic carbocycles. The zero-order valence-corrected chi connectivity index (χ0v) is 15.6. The molecule has 27 heavy (non-hydrogen) atoms. The summed E-state index contributed by atoms with van der Waals surface area (Å²) in [6, 6.07) is 11.3. The van der Waals surface area contributed by atoms with Crippen molar-refractivity contribution in [2.45, 2.75) is 13.8 Å². The topological polar surface area (TPSA) is 61.5 Å². The standard InChI is InChI=1S/C21H18N4O2/c1-13-20-14(2)23-18(10-8-15-6-5-7-16(12-15)26-3)25(20)21-17(22-13)9-11-19(24-21)27-4/h5-7,9,11-12H,1-4H3. The van der Waals surface area contributed by atoms with Crippen LogP contribution in [0.15, 0.2) is 36.4 Å². The van der Waals surface area contributed by atoms with Crippen LogP contribution in [0.2, 0.25) is 0 Å². The third kappa shape index (κ3) is 2.93. The van der Waals surface area contributed by atoms with Gasteiger partial charge in [0.15, 0.2) is 11.5 Å². The summed E-state index contributed by atoms with van der Waals surface area (Å²) in [6.45, 7) is 3.92. The van der Waals surface area contributed by atoms with E-state index in [9.17, 15) is 0 Å². The molecule has 0 radical (unpaired) electrons. The van der Waals surface area contributed by atoms with Crippen LogP contribution >= 0.6 is 0 Å². The lowest BCUT2D eigenvalue weighted by Gasteiger charge is -2.07. The monoisotopic (exact) mass is 358 g/mol. The highest BCUT2D eigenvalue weighted by Crippen LogP contribution is 2.23. The number of benzene rings is 1. The van der Waals surface area contributed by atoms with E-state index < -0.39 is 0 Å². The number of aryl methyl sites for hydroxylation is 2. The van der Waals surface area contributed by atoms with Crippen molar-refractivity contribution >= 4 is 16.7 Å². The average Bonchev–Trinajstić information content (AvgIpc) is 3.03. The molecule has 0 saturated carbocycles.